The van der Waals surface area contributed by atoms with Crippen molar-refractivity contribution in [2.24, 2.45) is 11.8 Å². The fourth-order valence-corrected chi connectivity index (χ4v) is 1.87. The monoisotopic (exact) mass is 180 g/mol. The van der Waals surface area contributed by atoms with Gasteiger partial charge in [0, 0.05) is 12.0 Å². The summed E-state index contributed by atoms with van der Waals surface area (Å²) in [7, 11) is 0. The second kappa shape index (κ2) is 4.26. The van der Waals surface area contributed by atoms with Gasteiger partial charge >= 0.3 is 5.97 Å². The quantitative estimate of drug-likeness (QED) is 0.524. The summed E-state index contributed by atoms with van der Waals surface area (Å²) in [6.45, 7) is 4.25. The number of hydrogen-bond acceptors (Lipinski definition) is 1. The summed E-state index contributed by atoms with van der Waals surface area (Å²) in [5.41, 5.74) is 1.30. The van der Waals surface area contributed by atoms with Gasteiger partial charge in [0.05, 0.1) is 0 Å². The number of allylic oxidation sites excluding steroid dienone is 3. The van der Waals surface area contributed by atoms with Crippen LogP contribution in [0.25, 0.3) is 0 Å². The summed E-state index contributed by atoms with van der Waals surface area (Å²) in [6.07, 6.45) is 7.55. The first-order valence-corrected chi connectivity index (χ1v) is 4.69. The molecule has 2 atom stereocenters. The van der Waals surface area contributed by atoms with Crippen molar-refractivity contribution in [3.05, 3.63) is 23.8 Å². The van der Waals surface area contributed by atoms with Gasteiger partial charge in [-0.2, -0.15) is 0 Å². The summed E-state index contributed by atoms with van der Waals surface area (Å²) < 4.78 is 0. The Labute approximate surface area is 79.0 Å². The van der Waals surface area contributed by atoms with Gasteiger partial charge in [-0.15, -0.1) is 0 Å². The van der Waals surface area contributed by atoms with Crippen molar-refractivity contribution in [2.75, 3.05) is 0 Å². The van der Waals surface area contributed by atoms with Crippen LogP contribution in [0.15, 0.2) is 23.8 Å². The molecule has 0 heterocycles. The van der Waals surface area contributed by atoms with E-state index in [9.17, 15) is 4.79 Å². The van der Waals surface area contributed by atoms with Crippen molar-refractivity contribution >= 4 is 5.97 Å². The zero-order valence-corrected chi connectivity index (χ0v) is 8.16. The van der Waals surface area contributed by atoms with Crippen LogP contribution in [-0.2, 0) is 4.79 Å². The lowest BCUT2D eigenvalue weighted by Crippen LogP contribution is -2.14. The molecule has 0 aromatic rings. The molecular formula is C11H16O2. The smallest absolute Gasteiger partial charge is 0.327 e. The van der Waals surface area contributed by atoms with Crippen molar-refractivity contribution in [1.82, 2.24) is 0 Å². The minimum atomic E-state index is -0.856. The Bertz CT molecular complexity index is 251. The molecule has 0 bridgehead atoms. The van der Waals surface area contributed by atoms with Gasteiger partial charge in [0.1, 0.15) is 0 Å². The predicted molar refractivity (Wildman–Crippen MR) is 52.4 cm³/mol. The Balaban J connectivity index is 2.70. The summed E-state index contributed by atoms with van der Waals surface area (Å²) in [5.74, 6) is 0.0380. The molecule has 0 aliphatic heterocycles. The fourth-order valence-electron chi connectivity index (χ4n) is 1.87. The Morgan fingerprint density at radius 2 is 2.38 bits per heavy atom. The molecule has 0 amide bonds. The van der Waals surface area contributed by atoms with Crippen LogP contribution in [-0.4, -0.2) is 11.1 Å². The van der Waals surface area contributed by atoms with E-state index in [1.165, 1.54) is 11.6 Å². The van der Waals surface area contributed by atoms with Gasteiger partial charge in [-0.3, -0.25) is 0 Å². The number of carboxylic acid groups (broad SMARTS) is 1. The van der Waals surface area contributed by atoms with Crippen LogP contribution in [0.2, 0.25) is 0 Å². The second-order valence-electron chi connectivity index (χ2n) is 3.73. The molecule has 2 heteroatoms. The molecule has 0 unspecified atom stereocenters. The molecule has 1 aliphatic carbocycles. The number of carboxylic acids is 1. The van der Waals surface area contributed by atoms with Crippen molar-refractivity contribution in [3.8, 4) is 0 Å². The number of hydrogen-bond donors (Lipinski definition) is 1. The molecular weight excluding hydrogens is 164 g/mol. The van der Waals surface area contributed by atoms with Crippen LogP contribution in [0.4, 0.5) is 0 Å². The van der Waals surface area contributed by atoms with E-state index in [1.807, 2.05) is 0 Å². The van der Waals surface area contributed by atoms with E-state index in [0.29, 0.717) is 11.8 Å². The lowest BCUT2D eigenvalue weighted by atomic mass is 9.80. The molecule has 0 radical (unpaired) electrons. The molecule has 0 fully saturated rings. The van der Waals surface area contributed by atoms with Crippen molar-refractivity contribution < 1.29 is 9.90 Å². The largest absolute Gasteiger partial charge is 0.478 e. The van der Waals surface area contributed by atoms with E-state index < -0.39 is 5.97 Å². The van der Waals surface area contributed by atoms with E-state index in [2.05, 4.69) is 19.9 Å². The Morgan fingerprint density at radius 1 is 1.69 bits per heavy atom. The SMILES string of the molecule is CC1=CCC[C@H](C)[C@@H]1/C=C/C(=O)O. The molecule has 0 saturated heterocycles. The molecule has 72 valence electrons. The van der Waals surface area contributed by atoms with E-state index in [4.69, 9.17) is 5.11 Å². The van der Waals surface area contributed by atoms with Crippen LogP contribution >= 0.6 is 0 Å². The van der Waals surface area contributed by atoms with E-state index in [1.54, 1.807) is 6.08 Å². The third-order valence-corrected chi connectivity index (χ3v) is 2.67. The van der Waals surface area contributed by atoms with Gasteiger partial charge in [0.2, 0.25) is 0 Å². The topological polar surface area (TPSA) is 37.3 Å². The molecule has 1 N–H and O–H groups in total. The molecule has 0 aromatic heterocycles. The van der Waals surface area contributed by atoms with E-state index in [-0.39, 0.29) is 0 Å². The summed E-state index contributed by atoms with van der Waals surface area (Å²) in [5, 5.41) is 8.51. The number of rotatable bonds is 2. The maximum absolute atomic E-state index is 10.3. The zero-order chi connectivity index (χ0) is 9.84. The molecule has 0 spiro atoms. The van der Waals surface area contributed by atoms with Crippen molar-refractivity contribution in [2.45, 2.75) is 26.7 Å². The molecule has 1 aliphatic rings. The average Bonchev–Trinajstić information content (AvgIpc) is 2.03. The standard InChI is InChI=1S/C11H16O2/c1-8-4-3-5-9(2)10(8)6-7-11(12)13/h4,6-7,9-10H,3,5H2,1-2H3,(H,12,13)/b7-6+/t9-,10+/m0/s1. The third-order valence-electron chi connectivity index (χ3n) is 2.67. The van der Waals surface area contributed by atoms with Gasteiger partial charge < -0.3 is 5.11 Å². The summed E-state index contributed by atoms with van der Waals surface area (Å²) >= 11 is 0. The van der Waals surface area contributed by atoms with Crippen LogP contribution < -0.4 is 0 Å². The number of aliphatic carboxylic acids is 1. The first-order valence-electron chi connectivity index (χ1n) is 4.69. The van der Waals surface area contributed by atoms with Crippen LogP contribution in [0.3, 0.4) is 0 Å². The molecule has 2 nitrogen and oxygen atoms in total. The van der Waals surface area contributed by atoms with Gasteiger partial charge in [-0.1, -0.05) is 24.6 Å². The predicted octanol–water partition coefficient (Wildman–Crippen LogP) is 2.62. The summed E-state index contributed by atoms with van der Waals surface area (Å²) in [6, 6.07) is 0. The van der Waals surface area contributed by atoms with Crippen LogP contribution in [0.1, 0.15) is 26.7 Å². The van der Waals surface area contributed by atoms with Gasteiger partial charge in [-0.25, -0.2) is 4.79 Å². The van der Waals surface area contributed by atoms with Crippen molar-refractivity contribution in [1.29, 1.82) is 0 Å². The molecule has 1 rings (SSSR count). The highest BCUT2D eigenvalue weighted by Gasteiger charge is 2.19. The minimum Gasteiger partial charge on any atom is -0.478 e. The summed E-state index contributed by atoms with van der Waals surface area (Å²) in [4.78, 5) is 10.3. The van der Waals surface area contributed by atoms with Gasteiger partial charge in [0.25, 0.3) is 0 Å². The lowest BCUT2D eigenvalue weighted by Gasteiger charge is -2.25. The zero-order valence-electron chi connectivity index (χ0n) is 8.16. The second-order valence-corrected chi connectivity index (χ2v) is 3.73. The first kappa shape index (κ1) is 10.0. The fraction of sp³-hybridized carbons (Fsp3) is 0.545. The maximum atomic E-state index is 10.3. The minimum absolute atomic E-state index is 0.324. The van der Waals surface area contributed by atoms with Gasteiger partial charge in [0.15, 0.2) is 0 Å². The lowest BCUT2D eigenvalue weighted by molar-refractivity contribution is -0.131. The van der Waals surface area contributed by atoms with E-state index >= 15 is 0 Å². The molecule has 0 aromatic carbocycles. The maximum Gasteiger partial charge on any atom is 0.327 e. The highest BCUT2D eigenvalue weighted by Crippen LogP contribution is 2.30. The van der Waals surface area contributed by atoms with Gasteiger partial charge in [-0.05, 0) is 25.7 Å². The Morgan fingerprint density at radius 3 is 2.92 bits per heavy atom. The normalized spacial score (nSPS) is 28.9. The number of carbonyl (C=O) groups is 1. The Kier molecular flexibility index (Phi) is 3.29. The first-order chi connectivity index (χ1) is 6.11. The molecule has 13 heavy (non-hydrogen) atoms. The molecule has 0 saturated carbocycles. The highest BCUT2D eigenvalue weighted by molar-refractivity contribution is 5.79. The third kappa shape index (κ3) is 2.72. The Hall–Kier alpha value is -1.05. The van der Waals surface area contributed by atoms with Crippen LogP contribution in [0.5, 0.6) is 0 Å². The highest BCUT2D eigenvalue weighted by atomic mass is 16.4. The average molecular weight is 180 g/mol. The van der Waals surface area contributed by atoms with Crippen LogP contribution in [0, 0.1) is 11.8 Å². The van der Waals surface area contributed by atoms with Crippen molar-refractivity contribution in [3.63, 3.8) is 0 Å². The van der Waals surface area contributed by atoms with E-state index in [0.717, 1.165) is 12.8 Å².